The number of hydrogen-bond donors (Lipinski definition) is 2. The lowest BCUT2D eigenvalue weighted by Crippen LogP contribution is -2.43. The molecule has 1 atom stereocenters. The summed E-state index contributed by atoms with van der Waals surface area (Å²) in [6, 6.07) is 16.0. The van der Waals surface area contributed by atoms with Crippen LogP contribution >= 0.6 is 11.3 Å². The molecular weight excluding hydrogens is 601 g/mol. The number of amides is 3. The third-order valence-electron chi connectivity index (χ3n) is 8.10. The minimum absolute atomic E-state index is 0.0237. The Bertz CT molecular complexity index is 1610. The number of carbonyl (C=O) groups excluding carboxylic acids is 3. The Balaban J connectivity index is 1.37. The Morgan fingerprint density at radius 1 is 0.977 bits per heavy atom. The number of sulfonamides is 1. The fourth-order valence-electron chi connectivity index (χ4n) is 5.87. The number of benzene rings is 2. The summed E-state index contributed by atoms with van der Waals surface area (Å²) in [7, 11) is -3.69. The summed E-state index contributed by atoms with van der Waals surface area (Å²) in [5.74, 6) is -1.12. The summed E-state index contributed by atoms with van der Waals surface area (Å²) in [5, 5.41) is 5.46. The lowest BCUT2D eigenvalue weighted by molar-refractivity contribution is 0.0924. The molecule has 10 nitrogen and oxygen atoms in total. The molecule has 2 aromatic carbocycles. The molecule has 2 N–H and O–H groups in total. The third-order valence-corrected chi connectivity index (χ3v) is 11.2. The Hall–Kier alpha value is -3.58. The fourth-order valence-corrected chi connectivity index (χ4v) is 8.92. The molecule has 5 rings (SSSR count). The second-order valence-corrected chi connectivity index (χ2v) is 14.0. The van der Waals surface area contributed by atoms with E-state index in [1.165, 1.54) is 41.2 Å². The van der Waals surface area contributed by atoms with Crippen LogP contribution in [0.1, 0.15) is 76.3 Å². The van der Waals surface area contributed by atoms with Crippen molar-refractivity contribution < 1.29 is 27.5 Å². The third kappa shape index (κ3) is 7.04. The van der Waals surface area contributed by atoms with E-state index in [9.17, 15) is 22.8 Å². The van der Waals surface area contributed by atoms with Gasteiger partial charge in [0.15, 0.2) is 0 Å². The van der Waals surface area contributed by atoms with Crippen LogP contribution in [0, 0.1) is 0 Å². The number of imide groups is 1. The van der Waals surface area contributed by atoms with Crippen molar-refractivity contribution >= 4 is 44.3 Å². The quantitative estimate of drug-likeness (QED) is 0.322. The maximum Gasteiger partial charge on any atom is 0.414 e. The van der Waals surface area contributed by atoms with E-state index in [1.807, 2.05) is 25.1 Å². The van der Waals surface area contributed by atoms with Gasteiger partial charge in [-0.25, -0.2) is 13.2 Å². The highest BCUT2D eigenvalue weighted by Gasteiger charge is 2.33. The van der Waals surface area contributed by atoms with E-state index >= 15 is 0 Å². The zero-order chi connectivity index (χ0) is 31.3. The van der Waals surface area contributed by atoms with Crippen LogP contribution in [0.3, 0.4) is 0 Å². The summed E-state index contributed by atoms with van der Waals surface area (Å²) < 4.78 is 33.2. The van der Waals surface area contributed by atoms with Crippen molar-refractivity contribution in [3.63, 3.8) is 0 Å². The van der Waals surface area contributed by atoms with Gasteiger partial charge >= 0.3 is 6.09 Å². The van der Waals surface area contributed by atoms with E-state index in [-0.39, 0.29) is 28.7 Å². The molecule has 1 fully saturated rings. The van der Waals surface area contributed by atoms with Gasteiger partial charge in [0.1, 0.15) is 5.00 Å². The lowest BCUT2D eigenvalue weighted by atomic mass is 10.0. The molecule has 2 aliphatic rings. The van der Waals surface area contributed by atoms with Gasteiger partial charge in [0, 0.05) is 42.7 Å². The molecule has 1 unspecified atom stereocenters. The molecule has 44 heavy (non-hydrogen) atoms. The SMILES string of the molecule is CCOC(=O)NC(=O)c1c(NC(=O)c2ccc(S(=O)(=O)N3CCCCC3CC)cc2)sc2c1CCN(Cc1ccccc1)C2. The fraction of sp³-hybridized carbons (Fsp3) is 0.406. The first-order valence-corrected chi connectivity index (χ1v) is 17.3. The minimum Gasteiger partial charge on any atom is -0.450 e. The molecule has 0 radical (unpaired) electrons. The molecule has 0 aliphatic carbocycles. The van der Waals surface area contributed by atoms with Crippen LogP contribution in [0.2, 0.25) is 0 Å². The highest BCUT2D eigenvalue weighted by molar-refractivity contribution is 7.89. The summed E-state index contributed by atoms with van der Waals surface area (Å²) >= 11 is 1.31. The Morgan fingerprint density at radius 3 is 2.43 bits per heavy atom. The van der Waals surface area contributed by atoms with Gasteiger partial charge in [0.25, 0.3) is 11.8 Å². The van der Waals surface area contributed by atoms with Gasteiger partial charge in [-0.15, -0.1) is 11.3 Å². The Morgan fingerprint density at radius 2 is 1.73 bits per heavy atom. The topological polar surface area (TPSA) is 125 Å². The number of ether oxygens (including phenoxy) is 1. The molecule has 0 saturated carbocycles. The summed E-state index contributed by atoms with van der Waals surface area (Å²) in [4.78, 5) is 42.1. The average molecular weight is 639 g/mol. The zero-order valence-electron chi connectivity index (χ0n) is 25.0. The van der Waals surface area contributed by atoms with Crippen LogP contribution in [0.4, 0.5) is 9.80 Å². The number of nitrogens with zero attached hydrogens (tertiary/aromatic N) is 2. The summed E-state index contributed by atoms with van der Waals surface area (Å²) in [5.41, 5.74) is 2.48. The monoisotopic (exact) mass is 638 g/mol. The van der Waals surface area contributed by atoms with Crippen molar-refractivity contribution in [2.75, 3.05) is 25.0 Å². The van der Waals surface area contributed by atoms with Crippen LogP contribution in [-0.4, -0.2) is 61.3 Å². The first-order chi connectivity index (χ1) is 21.2. The van der Waals surface area contributed by atoms with Gasteiger partial charge in [-0.05, 0) is 68.0 Å². The summed E-state index contributed by atoms with van der Waals surface area (Å²) in [6.45, 7) is 6.29. The van der Waals surface area contributed by atoms with Gasteiger partial charge in [-0.2, -0.15) is 4.31 Å². The van der Waals surface area contributed by atoms with Crippen molar-refractivity contribution in [2.45, 2.75) is 70.0 Å². The average Bonchev–Trinajstić information content (AvgIpc) is 3.38. The van der Waals surface area contributed by atoms with Gasteiger partial charge in [0.05, 0.1) is 17.1 Å². The van der Waals surface area contributed by atoms with Crippen molar-refractivity contribution in [3.8, 4) is 0 Å². The number of alkyl carbamates (subject to hydrolysis) is 1. The molecule has 1 saturated heterocycles. The van der Waals surface area contributed by atoms with Crippen molar-refractivity contribution in [2.24, 2.45) is 0 Å². The van der Waals surface area contributed by atoms with Gasteiger partial charge in [0.2, 0.25) is 10.0 Å². The Labute approximate surface area is 262 Å². The number of hydrogen-bond acceptors (Lipinski definition) is 8. The normalized spacial score (nSPS) is 17.5. The van der Waals surface area contributed by atoms with E-state index < -0.39 is 27.9 Å². The molecule has 12 heteroatoms. The highest BCUT2D eigenvalue weighted by Crippen LogP contribution is 2.38. The van der Waals surface area contributed by atoms with Crippen LogP contribution in [0.15, 0.2) is 59.5 Å². The van der Waals surface area contributed by atoms with Crippen LogP contribution in [0.5, 0.6) is 0 Å². The molecule has 3 amide bonds. The standard InChI is InChI=1S/C32H38N4O6S2/c1-3-24-12-8-9-18-36(24)44(40,41)25-15-13-23(14-16-25)29(37)33-31-28(30(38)34-32(39)42-4-2)26-17-19-35(21-27(26)43-31)20-22-10-6-5-7-11-22/h5-7,10-11,13-16,24H,3-4,8-9,12,17-21H2,1-2H3,(H,33,37)(H,34,38,39). The molecule has 0 bridgehead atoms. The first-order valence-electron chi connectivity index (χ1n) is 15.0. The van der Waals surface area contributed by atoms with Crippen molar-refractivity contribution in [3.05, 3.63) is 81.7 Å². The van der Waals surface area contributed by atoms with E-state index in [1.54, 1.807) is 11.2 Å². The maximum atomic E-state index is 13.4. The molecule has 2 aliphatic heterocycles. The number of carbonyl (C=O) groups is 3. The second-order valence-electron chi connectivity index (χ2n) is 11.0. The van der Waals surface area contributed by atoms with Gasteiger partial charge in [-0.1, -0.05) is 43.7 Å². The molecule has 234 valence electrons. The maximum absolute atomic E-state index is 13.4. The number of fused-ring (bicyclic) bond motifs is 1. The number of anilines is 1. The predicted molar refractivity (Wildman–Crippen MR) is 169 cm³/mol. The van der Waals surface area contributed by atoms with Crippen molar-refractivity contribution in [1.82, 2.24) is 14.5 Å². The largest absolute Gasteiger partial charge is 0.450 e. The molecule has 0 spiro atoms. The highest BCUT2D eigenvalue weighted by atomic mass is 32.2. The number of nitrogens with one attached hydrogen (secondary N) is 2. The molecule has 1 aromatic heterocycles. The molecule has 3 aromatic rings. The van der Waals surface area contributed by atoms with Crippen molar-refractivity contribution in [1.29, 1.82) is 0 Å². The van der Waals surface area contributed by atoms with Gasteiger partial charge in [-0.3, -0.25) is 19.8 Å². The molecule has 3 heterocycles. The minimum atomic E-state index is -3.69. The zero-order valence-corrected chi connectivity index (χ0v) is 26.6. The summed E-state index contributed by atoms with van der Waals surface area (Å²) in [6.07, 6.45) is 3.16. The second kappa shape index (κ2) is 14.0. The van der Waals surface area contributed by atoms with Crippen LogP contribution in [-0.2, 0) is 34.3 Å². The predicted octanol–water partition coefficient (Wildman–Crippen LogP) is 5.40. The van der Waals surface area contributed by atoms with Gasteiger partial charge < -0.3 is 10.1 Å². The Kier molecular flexibility index (Phi) is 10.1. The number of thiophene rings is 1. The molecular formula is C32H38N4O6S2. The van der Waals surface area contributed by atoms with Crippen LogP contribution < -0.4 is 10.6 Å². The van der Waals surface area contributed by atoms with E-state index in [0.717, 1.165) is 42.7 Å². The van der Waals surface area contributed by atoms with E-state index in [4.69, 9.17) is 4.74 Å². The number of rotatable bonds is 9. The van der Waals surface area contributed by atoms with Crippen LogP contribution in [0.25, 0.3) is 0 Å². The first kappa shape index (κ1) is 31.8. The van der Waals surface area contributed by atoms with E-state index in [0.29, 0.717) is 31.1 Å². The van der Waals surface area contributed by atoms with E-state index in [2.05, 4.69) is 27.7 Å². The lowest BCUT2D eigenvalue weighted by Gasteiger charge is -2.34. The number of piperidine rings is 1. The smallest absolute Gasteiger partial charge is 0.414 e.